The van der Waals surface area contributed by atoms with Crippen LogP contribution in [0.4, 0.5) is 5.69 Å². The maximum Gasteiger partial charge on any atom is 0.259 e. The number of benzene rings is 3. The van der Waals surface area contributed by atoms with Crippen LogP contribution in [0.2, 0.25) is 0 Å². The summed E-state index contributed by atoms with van der Waals surface area (Å²) in [5.74, 6) is 0.480. The highest BCUT2D eigenvalue weighted by Crippen LogP contribution is 2.42. The molecule has 33 heavy (non-hydrogen) atoms. The summed E-state index contributed by atoms with van der Waals surface area (Å²) in [5.41, 5.74) is 3.92. The van der Waals surface area contributed by atoms with Crippen LogP contribution in [-0.4, -0.2) is 29.0 Å². The van der Waals surface area contributed by atoms with Gasteiger partial charge in [0.1, 0.15) is 0 Å². The minimum absolute atomic E-state index is 0.0456. The van der Waals surface area contributed by atoms with E-state index in [1.165, 1.54) is 11.8 Å². The van der Waals surface area contributed by atoms with E-state index in [1.807, 2.05) is 61.5 Å². The van der Waals surface area contributed by atoms with Gasteiger partial charge >= 0.3 is 0 Å². The topological polar surface area (TPSA) is 88.3 Å². The van der Waals surface area contributed by atoms with Gasteiger partial charge in [0.05, 0.1) is 17.8 Å². The van der Waals surface area contributed by atoms with Crippen LogP contribution in [0.25, 0.3) is 11.4 Å². The molecule has 0 unspecified atom stereocenters. The fourth-order valence-corrected chi connectivity index (χ4v) is 4.70. The Balaban J connectivity index is 1.35. The van der Waals surface area contributed by atoms with Crippen molar-refractivity contribution in [1.82, 2.24) is 15.5 Å². The van der Waals surface area contributed by atoms with Gasteiger partial charge in [0.2, 0.25) is 11.7 Å². The molecule has 2 amide bonds. The molecule has 0 spiro atoms. The second kappa shape index (κ2) is 8.55. The number of carbonyl (C=O) groups is 2. The fraction of sp³-hybridized carbons (Fsp3) is 0.120. The molecular formula is C25H20N4O3S. The quantitative estimate of drug-likeness (QED) is 0.478. The first-order chi connectivity index (χ1) is 16.0. The summed E-state index contributed by atoms with van der Waals surface area (Å²) in [4.78, 5) is 33.1. The SMILES string of the molecule is Cc1ccc(C(=O)NCc2nc(-c3ccc4c(c3)Sc3ccccc3C(=O)N4C)no2)cc1. The monoisotopic (exact) mass is 456 g/mol. The number of nitrogens with one attached hydrogen (secondary N) is 1. The normalized spacial score (nSPS) is 12.7. The molecule has 0 saturated carbocycles. The highest BCUT2D eigenvalue weighted by atomic mass is 32.2. The molecule has 3 aromatic carbocycles. The third-order valence-corrected chi connectivity index (χ3v) is 6.53. The van der Waals surface area contributed by atoms with Gasteiger partial charge in [-0.15, -0.1) is 0 Å². The lowest BCUT2D eigenvalue weighted by Gasteiger charge is -2.17. The molecular weight excluding hydrogens is 436 g/mol. The van der Waals surface area contributed by atoms with Crippen LogP contribution in [0.5, 0.6) is 0 Å². The number of carbonyl (C=O) groups excluding carboxylic acids is 2. The molecule has 0 bridgehead atoms. The molecule has 4 aromatic rings. The highest BCUT2D eigenvalue weighted by molar-refractivity contribution is 7.99. The van der Waals surface area contributed by atoms with E-state index in [0.29, 0.717) is 22.8 Å². The van der Waals surface area contributed by atoms with Gasteiger partial charge in [-0.3, -0.25) is 9.59 Å². The van der Waals surface area contributed by atoms with Gasteiger partial charge in [-0.2, -0.15) is 4.98 Å². The number of fused-ring (bicyclic) bond motifs is 2. The van der Waals surface area contributed by atoms with E-state index in [-0.39, 0.29) is 18.4 Å². The molecule has 0 atom stereocenters. The summed E-state index contributed by atoms with van der Waals surface area (Å²) in [6.45, 7) is 2.10. The first-order valence-electron chi connectivity index (χ1n) is 10.4. The van der Waals surface area contributed by atoms with E-state index in [4.69, 9.17) is 4.52 Å². The predicted molar refractivity (Wildman–Crippen MR) is 125 cm³/mol. The lowest BCUT2D eigenvalue weighted by molar-refractivity contribution is 0.0945. The summed E-state index contributed by atoms with van der Waals surface area (Å²) in [7, 11) is 1.77. The Morgan fingerprint density at radius 3 is 2.67 bits per heavy atom. The van der Waals surface area contributed by atoms with Crippen molar-refractivity contribution in [3.8, 4) is 11.4 Å². The van der Waals surface area contributed by atoms with Crippen LogP contribution in [0.3, 0.4) is 0 Å². The number of nitrogens with zero attached hydrogens (tertiary/aromatic N) is 3. The maximum absolute atomic E-state index is 12.8. The maximum atomic E-state index is 12.8. The number of aromatic nitrogens is 2. The standard InChI is InChI=1S/C25H20N4O3S/c1-15-7-9-16(10-8-15)24(30)26-14-22-27-23(28-32-22)17-11-12-19-21(13-17)33-20-6-4-3-5-18(20)25(31)29(19)2/h3-13H,14H2,1-2H3,(H,26,30). The van der Waals surface area contributed by atoms with Gasteiger partial charge in [0.25, 0.3) is 11.8 Å². The molecule has 5 rings (SSSR count). The van der Waals surface area contributed by atoms with Crippen molar-refractivity contribution in [2.45, 2.75) is 23.3 Å². The summed E-state index contributed by atoms with van der Waals surface area (Å²) in [6.07, 6.45) is 0. The van der Waals surface area contributed by atoms with Crippen molar-refractivity contribution in [3.63, 3.8) is 0 Å². The summed E-state index contributed by atoms with van der Waals surface area (Å²) >= 11 is 1.53. The first kappa shape index (κ1) is 21.0. The first-order valence-corrected chi connectivity index (χ1v) is 11.2. The zero-order valence-electron chi connectivity index (χ0n) is 18.0. The van der Waals surface area contributed by atoms with E-state index in [1.54, 1.807) is 24.1 Å². The van der Waals surface area contributed by atoms with Crippen LogP contribution in [0.1, 0.15) is 32.2 Å². The molecule has 7 nitrogen and oxygen atoms in total. The Labute approximate surface area is 194 Å². The number of hydrogen-bond acceptors (Lipinski definition) is 6. The summed E-state index contributed by atoms with van der Waals surface area (Å²) in [6, 6.07) is 20.6. The Morgan fingerprint density at radius 1 is 1.06 bits per heavy atom. The molecule has 8 heteroatoms. The minimum atomic E-state index is -0.206. The lowest BCUT2D eigenvalue weighted by atomic mass is 10.1. The van der Waals surface area contributed by atoms with Gasteiger partial charge in [-0.05, 0) is 49.4 Å². The number of rotatable bonds is 4. The van der Waals surface area contributed by atoms with Gasteiger partial charge in [-0.25, -0.2) is 0 Å². The van der Waals surface area contributed by atoms with Crippen molar-refractivity contribution >= 4 is 29.3 Å². The smallest absolute Gasteiger partial charge is 0.259 e. The molecule has 1 N–H and O–H groups in total. The van der Waals surface area contributed by atoms with Crippen molar-refractivity contribution < 1.29 is 14.1 Å². The summed E-state index contributed by atoms with van der Waals surface area (Å²) in [5, 5.41) is 6.87. The molecule has 1 aliphatic rings. The zero-order valence-corrected chi connectivity index (χ0v) is 18.8. The lowest BCUT2D eigenvalue weighted by Crippen LogP contribution is -2.25. The number of amides is 2. The van der Waals surface area contributed by atoms with Crippen molar-refractivity contribution in [2.75, 3.05) is 11.9 Å². The van der Waals surface area contributed by atoms with Crippen LogP contribution in [0.15, 0.2) is 81.0 Å². The van der Waals surface area contributed by atoms with Crippen molar-refractivity contribution in [3.05, 3.63) is 89.3 Å². The average molecular weight is 457 g/mol. The Kier molecular flexibility index (Phi) is 5.43. The van der Waals surface area contributed by atoms with E-state index in [2.05, 4.69) is 15.5 Å². The van der Waals surface area contributed by atoms with Gasteiger partial charge in [-0.1, -0.05) is 46.7 Å². The predicted octanol–water partition coefficient (Wildman–Crippen LogP) is 4.72. The molecule has 1 aromatic heterocycles. The molecule has 0 saturated heterocycles. The zero-order chi connectivity index (χ0) is 22.9. The average Bonchev–Trinajstić information content (AvgIpc) is 3.28. The Morgan fingerprint density at radius 2 is 1.85 bits per heavy atom. The number of anilines is 1. The minimum Gasteiger partial charge on any atom is -0.343 e. The second-order valence-electron chi connectivity index (χ2n) is 7.71. The second-order valence-corrected chi connectivity index (χ2v) is 8.79. The molecule has 0 aliphatic carbocycles. The van der Waals surface area contributed by atoms with Crippen LogP contribution in [-0.2, 0) is 6.54 Å². The third kappa shape index (κ3) is 4.12. The molecule has 2 heterocycles. The number of hydrogen-bond donors (Lipinski definition) is 1. The largest absolute Gasteiger partial charge is 0.343 e. The fourth-order valence-electron chi connectivity index (χ4n) is 3.56. The van der Waals surface area contributed by atoms with Crippen LogP contribution >= 0.6 is 11.8 Å². The van der Waals surface area contributed by atoms with Crippen molar-refractivity contribution in [1.29, 1.82) is 0 Å². The Bertz CT molecular complexity index is 1360. The van der Waals surface area contributed by atoms with E-state index >= 15 is 0 Å². The van der Waals surface area contributed by atoms with Crippen molar-refractivity contribution in [2.24, 2.45) is 0 Å². The number of aryl methyl sites for hydroxylation is 1. The van der Waals surface area contributed by atoms with Gasteiger partial charge in [0.15, 0.2) is 0 Å². The molecule has 164 valence electrons. The molecule has 1 aliphatic heterocycles. The Hall–Kier alpha value is -3.91. The van der Waals surface area contributed by atoms with E-state index in [0.717, 1.165) is 26.6 Å². The van der Waals surface area contributed by atoms with Crippen LogP contribution in [0, 0.1) is 6.92 Å². The van der Waals surface area contributed by atoms with Gasteiger partial charge < -0.3 is 14.7 Å². The highest BCUT2D eigenvalue weighted by Gasteiger charge is 2.25. The third-order valence-electron chi connectivity index (χ3n) is 5.40. The molecule has 0 radical (unpaired) electrons. The van der Waals surface area contributed by atoms with E-state index in [9.17, 15) is 9.59 Å². The summed E-state index contributed by atoms with van der Waals surface area (Å²) < 4.78 is 5.34. The van der Waals surface area contributed by atoms with E-state index < -0.39 is 0 Å². The van der Waals surface area contributed by atoms with Gasteiger partial charge in [0, 0.05) is 28.0 Å². The molecule has 0 fully saturated rings. The van der Waals surface area contributed by atoms with Crippen LogP contribution < -0.4 is 10.2 Å².